The van der Waals surface area contributed by atoms with Crippen molar-refractivity contribution in [2.75, 3.05) is 18.0 Å². The van der Waals surface area contributed by atoms with Crippen LogP contribution in [0.4, 0.5) is 18.9 Å². The molecule has 0 atom stereocenters. The van der Waals surface area contributed by atoms with E-state index in [9.17, 15) is 18.3 Å². The Bertz CT molecular complexity index is 1060. The number of para-hydroxylation sites is 1. The van der Waals surface area contributed by atoms with E-state index in [0.29, 0.717) is 5.92 Å². The van der Waals surface area contributed by atoms with Gasteiger partial charge >= 0.3 is 6.36 Å². The van der Waals surface area contributed by atoms with Crippen molar-refractivity contribution in [2.45, 2.75) is 57.7 Å². The van der Waals surface area contributed by atoms with E-state index in [2.05, 4.69) is 14.6 Å². The highest BCUT2D eigenvalue weighted by molar-refractivity contribution is 5.94. The molecule has 1 aliphatic rings. The molecule has 4 nitrogen and oxygen atoms in total. The number of nitrogens with zero attached hydrogens (tertiary/aromatic N) is 2. The molecule has 1 fully saturated rings. The van der Waals surface area contributed by atoms with Crippen LogP contribution >= 0.6 is 0 Å². The van der Waals surface area contributed by atoms with Gasteiger partial charge in [-0.3, -0.25) is 4.98 Å². The van der Waals surface area contributed by atoms with E-state index in [1.165, 1.54) is 31.4 Å². The number of unbranched alkanes of at least 4 members (excludes halogenated alkanes) is 3. The van der Waals surface area contributed by atoms with Crippen LogP contribution < -0.4 is 9.64 Å². The number of hydrogen-bond acceptors (Lipinski definition) is 4. The normalized spacial score (nSPS) is 15.1. The maximum atomic E-state index is 12.2. The van der Waals surface area contributed by atoms with E-state index < -0.39 is 6.36 Å². The molecule has 1 N–H and O–H groups in total. The van der Waals surface area contributed by atoms with Crippen molar-refractivity contribution in [3.8, 4) is 11.5 Å². The smallest absolute Gasteiger partial charge is 0.504 e. The topological polar surface area (TPSA) is 45.6 Å². The molecule has 0 aliphatic carbocycles. The van der Waals surface area contributed by atoms with Crippen LogP contribution in [0.25, 0.3) is 10.9 Å². The summed E-state index contributed by atoms with van der Waals surface area (Å²) < 4.78 is 40.6. The lowest BCUT2D eigenvalue weighted by atomic mass is 9.90. The Morgan fingerprint density at radius 3 is 2.38 bits per heavy atom. The Hall–Kier alpha value is -2.96. The van der Waals surface area contributed by atoms with Gasteiger partial charge in [-0.1, -0.05) is 56.0 Å². The van der Waals surface area contributed by atoms with Gasteiger partial charge in [0, 0.05) is 18.5 Å². The minimum absolute atomic E-state index is 0.172. The summed E-state index contributed by atoms with van der Waals surface area (Å²) in [5, 5.41) is 11.4. The van der Waals surface area contributed by atoms with E-state index in [-0.39, 0.29) is 11.5 Å². The highest BCUT2D eigenvalue weighted by Gasteiger charge is 2.31. The second-order valence-electron chi connectivity index (χ2n) is 9.08. The van der Waals surface area contributed by atoms with E-state index in [1.54, 1.807) is 18.3 Å². The molecule has 1 saturated heterocycles. The average molecular weight is 473 g/mol. The van der Waals surface area contributed by atoms with Crippen LogP contribution in [0.1, 0.15) is 50.5 Å². The number of anilines is 1. The number of piperidine rings is 1. The largest absolute Gasteiger partial charge is 0.573 e. The van der Waals surface area contributed by atoms with Crippen LogP contribution in [0.15, 0.2) is 54.7 Å². The fourth-order valence-electron chi connectivity index (χ4n) is 4.87. The molecule has 0 unspecified atom stereocenters. The van der Waals surface area contributed by atoms with Gasteiger partial charge in [-0.05, 0) is 55.4 Å². The number of rotatable bonds is 9. The fraction of sp³-hybridized carbons (Fsp3) is 0.444. The van der Waals surface area contributed by atoms with E-state index in [0.717, 1.165) is 67.3 Å². The molecule has 0 spiro atoms. The Morgan fingerprint density at radius 2 is 1.65 bits per heavy atom. The summed E-state index contributed by atoms with van der Waals surface area (Å²) >= 11 is 0. The molecule has 0 radical (unpaired) electrons. The Morgan fingerprint density at radius 1 is 0.941 bits per heavy atom. The van der Waals surface area contributed by atoms with Gasteiger partial charge in [-0.25, -0.2) is 0 Å². The first kappa shape index (κ1) is 24.2. The third-order valence-electron chi connectivity index (χ3n) is 6.64. The van der Waals surface area contributed by atoms with Crippen LogP contribution in [0.3, 0.4) is 0 Å². The first-order valence-electron chi connectivity index (χ1n) is 12.1. The van der Waals surface area contributed by atoms with E-state index >= 15 is 0 Å². The van der Waals surface area contributed by atoms with Crippen molar-refractivity contribution in [3.05, 3.63) is 60.3 Å². The Balaban J connectivity index is 1.14. The number of benzene rings is 2. The third kappa shape index (κ3) is 6.55. The van der Waals surface area contributed by atoms with Gasteiger partial charge in [0.25, 0.3) is 0 Å². The fourth-order valence-corrected chi connectivity index (χ4v) is 4.87. The van der Waals surface area contributed by atoms with Crippen molar-refractivity contribution >= 4 is 16.6 Å². The molecule has 182 valence electrons. The average Bonchev–Trinajstić information content (AvgIpc) is 2.82. The van der Waals surface area contributed by atoms with Crippen LogP contribution in [0.5, 0.6) is 11.5 Å². The van der Waals surface area contributed by atoms with Gasteiger partial charge in [0.2, 0.25) is 0 Å². The zero-order valence-electron chi connectivity index (χ0n) is 19.2. The summed E-state index contributed by atoms with van der Waals surface area (Å²) in [6.45, 7) is 1.89. The number of alkyl halides is 3. The second kappa shape index (κ2) is 11.0. The molecular weight excluding hydrogens is 441 g/mol. The number of fused-ring (bicyclic) bond motifs is 1. The lowest BCUT2D eigenvalue weighted by molar-refractivity contribution is -0.274. The number of aromatic hydroxyl groups is 1. The lowest BCUT2D eigenvalue weighted by Gasteiger charge is -2.34. The maximum absolute atomic E-state index is 12.2. The molecule has 0 bridgehead atoms. The van der Waals surface area contributed by atoms with Crippen molar-refractivity contribution in [1.29, 1.82) is 0 Å². The standard InChI is InChI=1S/C27H31F3N2O2/c28-27(29,30)34-22-13-11-20(12-14-22)7-3-1-2-4-8-21-15-17-32(18-16-21)26-23-9-5-6-10-24(23)31-19-25(26)33/h5-6,9-14,19,21,33H,1-4,7-8,15-18H2. The van der Waals surface area contributed by atoms with Gasteiger partial charge in [0.05, 0.1) is 17.4 Å². The number of ether oxygens (including phenoxy) is 1. The summed E-state index contributed by atoms with van der Waals surface area (Å²) in [4.78, 5) is 6.62. The Kier molecular flexibility index (Phi) is 7.80. The quantitative estimate of drug-likeness (QED) is 0.333. The van der Waals surface area contributed by atoms with Crippen molar-refractivity contribution in [1.82, 2.24) is 4.98 Å². The minimum atomic E-state index is -4.65. The van der Waals surface area contributed by atoms with Gasteiger partial charge in [-0.2, -0.15) is 0 Å². The van der Waals surface area contributed by atoms with E-state index in [1.807, 2.05) is 24.3 Å². The highest BCUT2D eigenvalue weighted by atomic mass is 19.4. The van der Waals surface area contributed by atoms with E-state index in [4.69, 9.17) is 0 Å². The van der Waals surface area contributed by atoms with Crippen LogP contribution in [-0.2, 0) is 6.42 Å². The zero-order chi connectivity index (χ0) is 24.0. The first-order valence-corrected chi connectivity index (χ1v) is 12.1. The molecule has 1 aliphatic heterocycles. The number of aryl methyl sites for hydroxylation is 1. The first-order chi connectivity index (χ1) is 16.4. The molecule has 0 amide bonds. The summed E-state index contributed by atoms with van der Waals surface area (Å²) in [6.07, 6.45) is 5.78. The summed E-state index contributed by atoms with van der Waals surface area (Å²) in [5.41, 5.74) is 2.85. The molecule has 2 aromatic carbocycles. The monoisotopic (exact) mass is 472 g/mol. The predicted octanol–water partition coefficient (Wildman–Crippen LogP) is 7.25. The number of hydrogen-bond donors (Lipinski definition) is 1. The molecule has 0 saturated carbocycles. The lowest BCUT2D eigenvalue weighted by Crippen LogP contribution is -2.33. The minimum Gasteiger partial charge on any atom is -0.504 e. The molecule has 3 aromatic rings. The van der Waals surface area contributed by atoms with Gasteiger partial charge < -0.3 is 14.7 Å². The van der Waals surface area contributed by atoms with Crippen molar-refractivity contribution in [2.24, 2.45) is 5.92 Å². The van der Waals surface area contributed by atoms with Crippen LogP contribution in [0, 0.1) is 5.92 Å². The summed E-state index contributed by atoms with van der Waals surface area (Å²) in [6, 6.07) is 14.1. The Labute approximate surface area is 198 Å². The molecule has 4 rings (SSSR count). The van der Waals surface area contributed by atoms with Gasteiger partial charge in [0.15, 0.2) is 5.75 Å². The maximum Gasteiger partial charge on any atom is 0.573 e. The number of aromatic nitrogens is 1. The van der Waals surface area contributed by atoms with Gasteiger partial charge in [-0.15, -0.1) is 13.2 Å². The summed E-state index contributed by atoms with van der Waals surface area (Å²) in [7, 11) is 0. The van der Waals surface area contributed by atoms with Crippen LogP contribution in [-0.4, -0.2) is 29.5 Å². The highest BCUT2D eigenvalue weighted by Crippen LogP contribution is 2.37. The molecule has 34 heavy (non-hydrogen) atoms. The van der Waals surface area contributed by atoms with Crippen molar-refractivity contribution in [3.63, 3.8) is 0 Å². The zero-order valence-corrected chi connectivity index (χ0v) is 19.2. The summed E-state index contributed by atoms with van der Waals surface area (Å²) in [5.74, 6) is 0.793. The van der Waals surface area contributed by atoms with Gasteiger partial charge in [0.1, 0.15) is 5.75 Å². The number of halogens is 3. The molecular formula is C27H31F3N2O2. The molecule has 7 heteroatoms. The third-order valence-corrected chi connectivity index (χ3v) is 6.64. The predicted molar refractivity (Wildman–Crippen MR) is 128 cm³/mol. The van der Waals surface area contributed by atoms with Crippen molar-refractivity contribution < 1.29 is 23.0 Å². The molecule has 1 aromatic heterocycles. The SMILES string of the molecule is Oc1cnc2ccccc2c1N1CCC(CCCCCCc2ccc(OC(F)(F)F)cc2)CC1. The number of pyridine rings is 1. The second-order valence-corrected chi connectivity index (χ2v) is 9.08. The van der Waals surface area contributed by atoms with Crippen LogP contribution in [0.2, 0.25) is 0 Å². The molecule has 2 heterocycles.